The van der Waals surface area contributed by atoms with Crippen molar-refractivity contribution in [2.75, 3.05) is 21.3 Å². The molecule has 2 heterocycles. The van der Waals surface area contributed by atoms with E-state index in [4.69, 9.17) is 0 Å². The van der Waals surface area contributed by atoms with Gasteiger partial charge in [-0.2, -0.15) is 13.2 Å². The summed E-state index contributed by atoms with van der Waals surface area (Å²) in [5.74, 6) is 0.637. The monoisotopic (exact) mass is 546 g/mol. The van der Waals surface area contributed by atoms with Gasteiger partial charge in [-0.3, -0.25) is 4.79 Å². The van der Waals surface area contributed by atoms with Crippen molar-refractivity contribution in [3.8, 4) is 0 Å². The fourth-order valence-electron chi connectivity index (χ4n) is 4.31. The Bertz CT molecular complexity index is 1640. The van der Waals surface area contributed by atoms with Gasteiger partial charge in [-0.1, -0.05) is 25.1 Å². The van der Waals surface area contributed by atoms with Crippen LogP contribution in [0.1, 0.15) is 35.3 Å². The Morgan fingerprint density at radius 1 is 0.950 bits per heavy atom. The van der Waals surface area contributed by atoms with Crippen LogP contribution in [0, 0.1) is 6.92 Å². The molecule has 0 saturated heterocycles. The summed E-state index contributed by atoms with van der Waals surface area (Å²) in [6.45, 7) is 3.92. The minimum atomic E-state index is -4.51. The first-order valence-electron chi connectivity index (χ1n) is 12.4. The molecule has 1 aliphatic heterocycles. The molecule has 0 fully saturated rings. The Labute approximate surface area is 227 Å². The summed E-state index contributed by atoms with van der Waals surface area (Å²) in [6.07, 6.45) is -1.97. The minimum Gasteiger partial charge on any atom is -0.355 e. The third-order valence-corrected chi connectivity index (χ3v) is 6.25. The minimum absolute atomic E-state index is 0.0171. The van der Waals surface area contributed by atoms with Crippen molar-refractivity contribution in [2.24, 2.45) is 0 Å². The van der Waals surface area contributed by atoms with E-state index in [9.17, 15) is 22.8 Å². The molecule has 3 aromatic carbocycles. The first kappa shape index (κ1) is 26.5. The molecule has 11 heteroatoms. The lowest BCUT2D eigenvalue weighted by Crippen LogP contribution is -2.19. The number of anilines is 5. The average molecular weight is 547 g/mol. The van der Waals surface area contributed by atoms with Gasteiger partial charge in [-0.15, -0.1) is 0 Å². The van der Waals surface area contributed by atoms with Gasteiger partial charge in [0.1, 0.15) is 5.82 Å². The number of urea groups is 1. The highest BCUT2D eigenvalue weighted by molar-refractivity contribution is 6.35. The molecule has 3 amide bonds. The average Bonchev–Trinajstić information content (AvgIpc) is 3.41. The Balaban J connectivity index is 1.27. The van der Waals surface area contributed by atoms with E-state index in [-0.39, 0.29) is 11.6 Å². The van der Waals surface area contributed by atoms with Crippen molar-refractivity contribution in [1.29, 1.82) is 0 Å². The van der Waals surface area contributed by atoms with Crippen LogP contribution in [0.15, 0.2) is 66.7 Å². The fraction of sp³-hybridized carbons (Fsp3) is 0.138. The zero-order valence-electron chi connectivity index (χ0n) is 21.5. The molecule has 4 aromatic rings. The number of nitrogens with zero attached hydrogens (tertiary/aromatic N) is 1. The Hall–Kier alpha value is -5.06. The smallest absolute Gasteiger partial charge is 0.355 e. The van der Waals surface area contributed by atoms with E-state index in [2.05, 4.69) is 31.2 Å². The number of carbonyl (C=O) groups excluding carboxylic acids is 2. The van der Waals surface area contributed by atoms with E-state index in [0.717, 1.165) is 41.3 Å². The quantitative estimate of drug-likeness (QED) is 0.165. The second kappa shape index (κ2) is 10.6. The van der Waals surface area contributed by atoms with Gasteiger partial charge < -0.3 is 26.3 Å². The van der Waals surface area contributed by atoms with Crippen LogP contribution in [0.4, 0.5) is 46.4 Å². The van der Waals surface area contributed by atoms with Crippen LogP contribution >= 0.6 is 0 Å². The molecule has 0 bridgehead atoms. The number of benzene rings is 3. The molecule has 5 N–H and O–H groups in total. The number of carbonyl (C=O) groups is 2. The number of amides is 3. The van der Waals surface area contributed by atoms with Crippen molar-refractivity contribution in [1.82, 2.24) is 9.97 Å². The van der Waals surface area contributed by atoms with Gasteiger partial charge in [-0.05, 0) is 61.5 Å². The number of aromatic amines is 1. The van der Waals surface area contributed by atoms with Crippen LogP contribution in [0.3, 0.4) is 0 Å². The van der Waals surface area contributed by atoms with Gasteiger partial charge in [0, 0.05) is 40.4 Å². The van der Waals surface area contributed by atoms with Gasteiger partial charge in [0.2, 0.25) is 0 Å². The maximum Gasteiger partial charge on any atom is 0.416 e. The molecule has 0 atom stereocenters. The zero-order chi connectivity index (χ0) is 28.4. The highest BCUT2D eigenvalue weighted by Crippen LogP contribution is 2.36. The number of halogens is 3. The number of hydrogen-bond donors (Lipinski definition) is 5. The third kappa shape index (κ3) is 5.83. The van der Waals surface area contributed by atoms with Gasteiger partial charge in [0.15, 0.2) is 0 Å². The summed E-state index contributed by atoms with van der Waals surface area (Å²) in [7, 11) is 0. The SMILES string of the molecule is CCc1nc(/C=C2/C(=O)Nc3cc(Nc4cccc(NC(=O)Nc5cccc(C(F)(F)F)c5)c4)ccc32)c(C)[nH]1. The first-order valence-corrected chi connectivity index (χ1v) is 12.4. The lowest BCUT2D eigenvalue weighted by molar-refractivity contribution is -0.137. The molecular weight excluding hydrogens is 521 g/mol. The number of hydrogen-bond acceptors (Lipinski definition) is 4. The summed E-state index contributed by atoms with van der Waals surface area (Å²) in [5.41, 5.74) is 4.49. The van der Waals surface area contributed by atoms with E-state index in [0.29, 0.717) is 28.3 Å². The van der Waals surface area contributed by atoms with Crippen LogP contribution in [0.5, 0.6) is 0 Å². The summed E-state index contributed by atoms with van der Waals surface area (Å²) >= 11 is 0. The molecule has 1 aromatic heterocycles. The summed E-state index contributed by atoms with van der Waals surface area (Å²) in [5, 5.41) is 11.2. The van der Waals surface area contributed by atoms with Crippen molar-refractivity contribution in [3.05, 3.63) is 95.1 Å². The second-order valence-corrected chi connectivity index (χ2v) is 9.18. The van der Waals surface area contributed by atoms with E-state index in [1.54, 1.807) is 30.3 Å². The number of imidazole rings is 1. The Morgan fingerprint density at radius 2 is 1.62 bits per heavy atom. The van der Waals surface area contributed by atoms with Crippen LogP contribution in [-0.4, -0.2) is 21.9 Å². The fourth-order valence-corrected chi connectivity index (χ4v) is 4.31. The lowest BCUT2D eigenvalue weighted by atomic mass is 10.0. The summed E-state index contributed by atoms with van der Waals surface area (Å²) < 4.78 is 38.8. The topological polar surface area (TPSA) is 111 Å². The standard InChI is InChI=1S/C29H25F3N6O2/c1-3-26-33-16(2)24(37-26)15-23-22-11-10-21(14-25(22)38-27(23)39)34-19-8-5-9-20(13-19)36-28(40)35-18-7-4-6-17(12-18)29(30,31)32/h4-15,34H,3H2,1-2H3,(H,33,37)(H,38,39)(H2,35,36,40)/b23-15+. The molecule has 204 valence electrons. The van der Waals surface area contributed by atoms with Gasteiger partial charge in [-0.25, -0.2) is 9.78 Å². The Kier molecular flexibility index (Phi) is 7.03. The molecule has 0 spiro atoms. The van der Waals surface area contributed by atoms with Gasteiger partial charge >= 0.3 is 12.2 Å². The van der Waals surface area contributed by atoms with Crippen molar-refractivity contribution in [2.45, 2.75) is 26.4 Å². The maximum atomic E-state index is 12.9. The number of fused-ring (bicyclic) bond motifs is 1. The molecule has 8 nitrogen and oxygen atoms in total. The molecule has 0 saturated carbocycles. The van der Waals surface area contributed by atoms with E-state index >= 15 is 0 Å². The molecule has 0 aliphatic carbocycles. The molecule has 1 aliphatic rings. The van der Waals surface area contributed by atoms with E-state index in [1.165, 1.54) is 12.1 Å². The first-order chi connectivity index (χ1) is 19.1. The molecule has 40 heavy (non-hydrogen) atoms. The van der Waals surface area contributed by atoms with Gasteiger partial charge in [0.05, 0.1) is 22.5 Å². The van der Waals surface area contributed by atoms with E-state index < -0.39 is 17.8 Å². The molecular formula is C29H25F3N6O2. The number of H-pyrrole nitrogens is 1. The highest BCUT2D eigenvalue weighted by atomic mass is 19.4. The third-order valence-electron chi connectivity index (χ3n) is 6.25. The Morgan fingerprint density at radius 3 is 2.33 bits per heavy atom. The number of rotatable bonds is 6. The normalized spacial score (nSPS) is 13.6. The van der Waals surface area contributed by atoms with Crippen LogP contribution in [0.25, 0.3) is 11.6 Å². The van der Waals surface area contributed by atoms with Crippen molar-refractivity contribution in [3.63, 3.8) is 0 Å². The van der Waals surface area contributed by atoms with Crippen molar-refractivity contribution >= 4 is 52.0 Å². The van der Waals surface area contributed by atoms with Crippen molar-refractivity contribution < 1.29 is 22.8 Å². The summed E-state index contributed by atoms with van der Waals surface area (Å²) in [6, 6.07) is 16.0. The molecule has 0 radical (unpaired) electrons. The maximum absolute atomic E-state index is 12.9. The highest BCUT2D eigenvalue weighted by Gasteiger charge is 2.30. The number of alkyl halides is 3. The summed E-state index contributed by atoms with van der Waals surface area (Å²) in [4.78, 5) is 32.8. The van der Waals surface area contributed by atoms with E-state index in [1.807, 2.05) is 32.0 Å². The number of aromatic nitrogens is 2. The van der Waals surface area contributed by atoms with Crippen LogP contribution < -0.4 is 21.3 Å². The molecule has 0 unspecified atom stereocenters. The molecule has 5 rings (SSSR count). The number of aryl methyl sites for hydroxylation is 2. The second-order valence-electron chi connectivity index (χ2n) is 9.18. The largest absolute Gasteiger partial charge is 0.416 e. The zero-order valence-corrected chi connectivity index (χ0v) is 21.5. The number of nitrogens with one attached hydrogen (secondary N) is 5. The van der Waals surface area contributed by atoms with Crippen LogP contribution in [0.2, 0.25) is 0 Å². The van der Waals surface area contributed by atoms with Crippen LogP contribution in [-0.2, 0) is 17.4 Å². The predicted molar refractivity (Wildman–Crippen MR) is 149 cm³/mol. The predicted octanol–water partition coefficient (Wildman–Crippen LogP) is 7.18. The van der Waals surface area contributed by atoms with Gasteiger partial charge in [0.25, 0.3) is 5.91 Å². The lowest BCUT2D eigenvalue weighted by Gasteiger charge is -2.12.